The van der Waals surface area contributed by atoms with Crippen molar-refractivity contribution in [1.29, 1.82) is 0 Å². The minimum Gasteiger partial charge on any atom is -0.379 e. The molecule has 1 atom stereocenters. The Kier molecular flexibility index (Phi) is 10.5. The van der Waals surface area contributed by atoms with Crippen LogP contribution in [0.3, 0.4) is 0 Å². The lowest BCUT2D eigenvalue weighted by Crippen LogP contribution is -2.45. The van der Waals surface area contributed by atoms with Crippen molar-refractivity contribution in [2.75, 3.05) is 20.2 Å². The fraction of sp³-hybridized carbons (Fsp3) is 0.524. The standard InChI is InChI=1S/C21H33N5O.HI/c1-6-22-20(24-14-18(27-5)21(2,3)4)25-15-19-23-12-13-26(19)16-17-10-8-7-9-11-17;/h7-13,18H,6,14-16H2,1-5H3,(H2,22,24,25);1H. The Morgan fingerprint density at radius 1 is 1.21 bits per heavy atom. The number of methoxy groups -OCH3 is 1. The van der Waals surface area contributed by atoms with Gasteiger partial charge in [0, 0.05) is 39.1 Å². The van der Waals surface area contributed by atoms with Crippen molar-refractivity contribution in [2.24, 2.45) is 10.4 Å². The van der Waals surface area contributed by atoms with E-state index < -0.39 is 0 Å². The van der Waals surface area contributed by atoms with E-state index in [9.17, 15) is 0 Å². The van der Waals surface area contributed by atoms with Crippen LogP contribution in [-0.2, 0) is 17.8 Å². The van der Waals surface area contributed by atoms with Crippen LogP contribution in [0.5, 0.6) is 0 Å². The van der Waals surface area contributed by atoms with E-state index in [1.54, 1.807) is 7.11 Å². The molecule has 7 heteroatoms. The van der Waals surface area contributed by atoms with Gasteiger partial charge in [0.1, 0.15) is 12.4 Å². The zero-order valence-electron chi connectivity index (χ0n) is 17.6. The molecule has 2 N–H and O–H groups in total. The van der Waals surface area contributed by atoms with Gasteiger partial charge in [0.15, 0.2) is 5.96 Å². The van der Waals surface area contributed by atoms with Gasteiger partial charge in [-0.15, -0.1) is 24.0 Å². The molecule has 1 heterocycles. The summed E-state index contributed by atoms with van der Waals surface area (Å²) < 4.78 is 7.75. The van der Waals surface area contributed by atoms with E-state index in [4.69, 9.17) is 9.73 Å². The van der Waals surface area contributed by atoms with E-state index in [1.165, 1.54) is 5.56 Å². The number of hydrogen-bond acceptors (Lipinski definition) is 3. The summed E-state index contributed by atoms with van der Waals surface area (Å²) in [7, 11) is 1.75. The van der Waals surface area contributed by atoms with Crippen LogP contribution in [0, 0.1) is 5.41 Å². The van der Waals surface area contributed by atoms with Crippen LogP contribution in [0.2, 0.25) is 0 Å². The van der Waals surface area contributed by atoms with Gasteiger partial charge in [0.2, 0.25) is 0 Å². The van der Waals surface area contributed by atoms with Gasteiger partial charge >= 0.3 is 0 Å². The van der Waals surface area contributed by atoms with Crippen LogP contribution in [0.4, 0.5) is 0 Å². The van der Waals surface area contributed by atoms with E-state index >= 15 is 0 Å². The van der Waals surface area contributed by atoms with Gasteiger partial charge in [-0.1, -0.05) is 51.1 Å². The second-order valence-electron chi connectivity index (χ2n) is 7.62. The minimum atomic E-state index is 0. The predicted octanol–water partition coefficient (Wildman–Crippen LogP) is 3.67. The van der Waals surface area contributed by atoms with E-state index in [2.05, 4.69) is 72.1 Å². The number of aliphatic imine (C=N–C) groups is 1. The summed E-state index contributed by atoms with van der Waals surface area (Å²) in [5.74, 6) is 1.72. The summed E-state index contributed by atoms with van der Waals surface area (Å²) in [5, 5.41) is 6.68. The maximum Gasteiger partial charge on any atom is 0.191 e. The molecule has 0 aliphatic rings. The van der Waals surface area contributed by atoms with E-state index in [0.29, 0.717) is 13.1 Å². The minimum absolute atomic E-state index is 0. The number of ether oxygens (including phenoxy) is 1. The monoisotopic (exact) mass is 499 g/mol. The van der Waals surface area contributed by atoms with Crippen molar-refractivity contribution < 1.29 is 4.74 Å². The Labute approximate surface area is 186 Å². The normalized spacial score (nSPS) is 13.0. The average Bonchev–Trinajstić information content (AvgIpc) is 3.07. The van der Waals surface area contributed by atoms with Crippen molar-refractivity contribution in [3.63, 3.8) is 0 Å². The summed E-state index contributed by atoms with van der Waals surface area (Å²) in [4.78, 5) is 9.17. The van der Waals surface area contributed by atoms with Crippen molar-refractivity contribution in [2.45, 2.75) is 46.9 Å². The highest BCUT2D eigenvalue weighted by Crippen LogP contribution is 2.20. The van der Waals surface area contributed by atoms with Gasteiger partial charge in [0.05, 0.1) is 6.10 Å². The van der Waals surface area contributed by atoms with Gasteiger partial charge in [-0.3, -0.25) is 0 Å². The number of rotatable bonds is 8. The number of benzene rings is 1. The Hall–Kier alpha value is -1.61. The Balaban J connectivity index is 0.00000392. The predicted molar refractivity (Wildman–Crippen MR) is 126 cm³/mol. The molecule has 2 rings (SSSR count). The van der Waals surface area contributed by atoms with E-state index in [1.807, 2.05) is 18.5 Å². The molecule has 2 aromatic rings. The summed E-state index contributed by atoms with van der Waals surface area (Å²) in [6, 6.07) is 10.4. The van der Waals surface area contributed by atoms with Gasteiger partial charge < -0.3 is 19.9 Å². The van der Waals surface area contributed by atoms with Crippen molar-refractivity contribution in [3.05, 3.63) is 54.1 Å². The number of hydrogen-bond donors (Lipinski definition) is 2. The molecule has 0 bridgehead atoms. The van der Waals surface area contributed by atoms with Crippen LogP contribution in [0.25, 0.3) is 0 Å². The quantitative estimate of drug-likeness (QED) is 0.331. The Morgan fingerprint density at radius 2 is 1.93 bits per heavy atom. The van der Waals surface area contributed by atoms with Crippen LogP contribution in [0.1, 0.15) is 39.1 Å². The lowest BCUT2D eigenvalue weighted by Gasteiger charge is -2.30. The molecule has 1 unspecified atom stereocenters. The molecule has 0 radical (unpaired) electrons. The molecule has 0 saturated heterocycles. The third-order valence-corrected chi connectivity index (χ3v) is 4.43. The fourth-order valence-electron chi connectivity index (χ4n) is 2.84. The first-order chi connectivity index (χ1) is 12.9. The van der Waals surface area contributed by atoms with E-state index in [-0.39, 0.29) is 35.5 Å². The summed E-state index contributed by atoms with van der Waals surface area (Å²) in [6.07, 6.45) is 3.93. The highest BCUT2D eigenvalue weighted by molar-refractivity contribution is 14.0. The molecule has 1 aromatic carbocycles. The molecule has 0 aliphatic heterocycles. The lowest BCUT2D eigenvalue weighted by atomic mass is 9.89. The molecule has 0 aliphatic carbocycles. The Morgan fingerprint density at radius 3 is 2.54 bits per heavy atom. The molecule has 6 nitrogen and oxygen atoms in total. The van der Waals surface area contributed by atoms with Crippen molar-refractivity contribution >= 4 is 29.9 Å². The topological polar surface area (TPSA) is 63.5 Å². The number of halogens is 1. The van der Waals surface area contributed by atoms with Crippen molar-refractivity contribution in [1.82, 2.24) is 20.2 Å². The van der Waals surface area contributed by atoms with Gasteiger partial charge in [0.25, 0.3) is 0 Å². The number of nitrogens with zero attached hydrogens (tertiary/aromatic N) is 3. The molecule has 0 amide bonds. The second kappa shape index (κ2) is 12.1. The highest BCUT2D eigenvalue weighted by atomic mass is 127. The first-order valence-electron chi connectivity index (χ1n) is 9.53. The Bertz CT molecular complexity index is 709. The van der Waals surface area contributed by atoms with Crippen LogP contribution < -0.4 is 10.6 Å². The third-order valence-electron chi connectivity index (χ3n) is 4.43. The van der Waals surface area contributed by atoms with Gasteiger partial charge in [-0.25, -0.2) is 9.98 Å². The maximum absolute atomic E-state index is 5.62. The highest BCUT2D eigenvalue weighted by Gasteiger charge is 2.24. The van der Waals surface area contributed by atoms with Crippen LogP contribution >= 0.6 is 24.0 Å². The molecule has 0 spiro atoms. The number of nitrogens with one attached hydrogen (secondary N) is 2. The van der Waals surface area contributed by atoms with Crippen LogP contribution in [0.15, 0.2) is 47.7 Å². The SMILES string of the molecule is CCNC(=NCc1nccn1Cc1ccccc1)NCC(OC)C(C)(C)C.I. The number of aromatic nitrogens is 2. The number of guanidine groups is 1. The fourth-order valence-corrected chi connectivity index (χ4v) is 2.84. The van der Waals surface area contributed by atoms with Crippen molar-refractivity contribution in [3.8, 4) is 0 Å². The summed E-state index contributed by atoms with van der Waals surface area (Å²) in [6.45, 7) is 11.4. The first-order valence-corrected chi connectivity index (χ1v) is 9.53. The molecule has 1 aromatic heterocycles. The molecule has 28 heavy (non-hydrogen) atoms. The molecule has 156 valence electrons. The van der Waals surface area contributed by atoms with Gasteiger partial charge in [-0.05, 0) is 17.9 Å². The summed E-state index contributed by atoms with van der Waals surface area (Å²) in [5.41, 5.74) is 1.31. The molecular weight excluding hydrogens is 465 g/mol. The van der Waals surface area contributed by atoms with Gasteiger partial charge in [-0.2, -0.15) is 0 Å². The van der Waals surface area contributed by atoms with E-state index in [0.717, 1.165) is 24.9 Å². The smallest absolute Gasteiger partial charge is 0.191 e. The number of imidazole rings is 1. The lowest BCUT2D eigenvalue weighted by molar-refractivity contribution is 0.0205. The maximum atomic E-state index is 5.62. The van der Waals surface area contributed by atoms with Crippen LogP contribution in [-0.4, -0.2) is 41.8 Å². The second-order valence-corrected chi connectivity index (χ2v) is 7.62. The zero-order valence-corrected chi connectivity index (χ0v) is 19.9. The largest absolute Gasteiger partial charge is 0.379 e. The average molecular weight is 499 g/mol. The zero-order chi connectivity index (χ0) is 19.7. The summed E-state index contributed by atoms with van der Waals surface area (Å²) >= 11 is 0. The molecule has 0 fully saturated rings. The first kappa shape index (κ1) is 24.4. The third kappa shape index (κ3) is 7.79. The molecule has 0 saturated carbocycles. The molecular formula is C21H34IN5O.